The quantitative estimate of drug-likeness (QED) is 0.244. The van der Waals surface area contributed by atoms with Gasteiger partial charge in [0.15, 0.2) is 0 Å². The molecule has 0 heterocycles. The Hall–Kier alpha value is -4.18. The first-order valence-electron chi connectivity index (χ1n) is 13.4. The van der Waals surface area contributed by atoms with Gasteiger partial charge in [-0.05, 0) is 28.7 Å². The summed E-state index contributed by atoms with van der Waals surface area (Å²) in [6.07, 6.45) is 1.56. The van der Waals surface area contributed by atoms with Crippen molar-refractivity contribution in [2.45, 2.75) is 44.7 Å². The fourth-order valence-corrected chi connectivity index (χ4v) is 4.79. The Morgan fingerprint density at radius 2 is 1.16 bits per heavy atom. The van der Waals surface area contributed by atoms with Gasteiger partial charge < -0.3 is 10.2 Å². The molecule has 194 valence electrons. The van der Waals surface area contributed by atoms with Crippen LogP contribution in [0, 0.1) is 0 Å². The van der Waals surface area contributed by atoms with Gasteiger partial charge in [-0.1, -0.05) is 128 Å². The van der Waals surface area contributed by atoms with Crippen molar-refractivity contribution in [3.8, 4) is 0 Å². The molecule has 2 amide bonds. The zero-order chi connectivity index (χ0) is 26.6. The van der Waals surface area contributed by atoms with Crippen LogP contribution in [0.2, 0.25) is 0 Å². The minimum Gasteiger partial charge on any atom is -0.354 e. The zero-order valence-electron chi connectivity index (χ0n) is 22.0. The van der Waals surface area contributed by atoms with Crippen LogP contribution in [0.15, 0.2) is 121 Å². The lowest BCUT2D eigenvalue weighted by molar-refractivity contribution is -0.141. The van der Waals surface area contributed by atoms with Crippen LogP contribution < -0.4 is 5.32 Å². The monoisotopic (exact) mass is 504 g/mol. The molecule has 0 saturated carbocycles. The molecular formula is C34H36N2O2. The maximum atomic E-state index is 14.3. The van der Waals surface area contributed by atoms with Crippen LogP contribution in [0.4, 0.5) is 0 Å². The molecule has 1 atom stereocenters. The predicted octanol–water partition coefficient (Wildman–Crippen LogP) is 6.37. The molecule has 0 saturated heterocycles. The van der Waals surface area contributed by atoms with Crippen LogP contribution in [0.3, 0.4) is 0 Å². The molecule has 0 aromatic heterocycles. The average Bonchev–Trinajstić information content (AvgIpc) is 2.98. The van der Waals surface area contributed by atoms with Crippen LogP contribution in [-0.4, -0.2) is 29.3 Å². The third-order valence-electron chi connectivity index (χ3n) is 6.80. The molecule has 0 aliphatic carbocycles. The van der Waals surface area contributed by atoms with E-state index in [-0.39, 0.29) is 24.2 Å². The number of carbonyl (C=O) groups excluding carboxylic acids is 2. The van der Waals surface area contributed by atoms with E-state index in [0.717, 1.165) is 28.7 Å². The molecular weight excluding hydrogens is 468 g/mol. The number of amides is 2. The van der Waals surface area contributed by atoms with Gasteiger partial charge in [-0.25, -0.2) is 0 Å². The molecule has 0 radical (unpaired) electrons. The van der Waals surface area contributed by atoms with E-state index in [1.165, 1.54) is 0 Å². The van der Waals surface area contributed by atoms with Crippen molar-refractivity contribution in [1.82, 2.24) is 10.2 Å². The standard InChI is InChI=1S/C34H36N2O2/c1-2-23-35-34(38)32(24-27-15-7-3-8-16-27)36(26-28-17-9-4-10-18-28)33(37)25-31(29-19-11-5-12-20-29)30-21-13-6-14-22-30/h3-22,31-32H,2,23-26H2,1H3,(H,35,38)/t32-/m0/s1. The van der Waals surface area contributed by atoms with E-state index in [2.05, 4.69) is 29.6 Å². The Balaban J connectivity index is 1.70. The Morgan fingerprint density at radius 1 is 0.684 bits per heavy atom. The molecule has 0 fully saturated rings. The molecule has 38 heavy (non-hydrogen) atoms. The summed E-state index contributed by atoms with van der Waals surface area (Å²) in [6.45, 7) is 2.98. The van der Waals surface area contributed by atoms with Gasteiger partial charge in [0.1, 0.15) is 6.04 Å². The van der Waals surface area contributed by atoms with Crippen LogP contribution >= 0.6 is 0 Å². The van der Waals surface area contributed by atoms with Gasteiger partial charge in [-0.3, -0.25) is 9.59 Å². The molecule has 1 N–H and O–H groups in total. The normalized spacial score (nSPS) is 11.6. The van der Waals surface area contributed by atoms with Crippen LogP contribution in [0.5, 0.6) is 0 Å². The summed E-state index contributed by atoms with van der Waals surface area (Å²) in [5.41, 5.74) is 4.19. The van der Waals surface area contributed by atoms with Crippen LogP contribution in [0.1, 0.15) is 47.9 Å². The minimum absolute atomic E-state index is 0.0425. The molecule has 0 spiro atoms. The number of rotatable bonds is 12. The summed E-state index contributed by atoms with van der Waals surface area (Å²) in [4.78, 5) is 29.6. The van der Waals surface area contributed by atoms with E-state index in [4.69, 9.17) is 0 Å². The number of carbonyl (C=O) groups is 2. The topological polar surface area (TPSA) is 49.4 Å². The van der Waals surface area contributed by atoms with E-state index in [1.54, 1.807) is 4.90 Å². The Labute approximate surface area is 226 Å². The largest absolute Gasteiger partial charge is 0.354 e. The van der Waals surface area contributed by atoms with Gasteiger partial charge in [-0.2, -0.15) is 0 Å². The number of hydrogen-bond donors (Lipinski definition) is 1. The first-order chi connectivity index (χ1) is 18.7. The second-order valence-corrected chi connectivity index (χ2v) is 9.58. The number of benzene rings is 4. The van der Waals surface area contributed by atoms with Crippen molar-refractivity contribution in [3.05, 3.63) is 144 Å². The first-order valence-corrected chi connectivity index (χ1v) is 13.4. The lowest BCUT2D eigenvalue weighted by Gasteiger charge is -2.33. The van der Waals surface area contributed by atoms with Gasteiger partial charge in [-0.15, -0.1) is 0 Å². The van der Waals surface area contributed by atoms with E-state index in [0.29, 0.717) is 19.5 Å². The van der Waals surface area contributed by atoms with Gasteiger partial charge in [0.25, 0.3) is 0 Å². The Bertz CT molecular complexity index is 1220. The average molecular weight is 505 g/mol. The molecule has 0 unspecified atom stereocenters. The van der Waals surface area contributed by atoms with Gasteiger partial charge in [0.2, 0.25) is 11.8 Å². The van der Waals surface area contributed by atoms with Crippen LogP contribution in [0.25, 0.3) is 0 Å². The predicted molar refractivity (Wildman–Crippen MR) is 154 cm³/mol. The van der Waals surface area contributed by atoms with Crippen molar-refractivity contribution < 1.29 is 9.59 Å². The van der Waals surface area contributed by atoms with E-state index < -0.39 is 6.04 Å². The first kappa shape index (κ1) is 26.9. The van der Waals surface area contributed by atoms with Gasteiger partial charge >= 0.3 is 0 Å². The number of nitrogens with zero attached hydrogens (tertiary/aromatic N) is 1. The molecule has 0 aliphatic heterocycles. The van der Waals surface area contributed by atoms with Crippen molar-refractivity contribution in [1.29, 1.82) is 0 Å². The van der Waals surface area contributed by atoms with Crippen LogP contribution in [-0.2, 0) is 22.6 Å². The Morgan fingerprint density at radius 3 is 1.66 bits per heavy atom. The molecule has 4 aromatic rings. The van der Waals surface area contributed by atoms with Crippen molar-refractivity contribution in [3.63, 3.8) is 0 Å². The molecule has 4 nitrogen and oxygen atoms in total. The minimum atomic E-state index is -0.621. The SMILES string of the molecule is CCCNC(=O)[C@H](Cc1ccccc1)N(Cc1ccccc1)C(=O)CC(c1ccccc1)c1ccccc1. The Kier molecular flexibility index (Phi) is 9.86. The third kappa shape index (κ3) is 7.42. The lowest BCUT2D eigenvalue weighted by atomic mass is 9.87. The zero-order valence-corrected chi connectivity index (χ0v) is 22.0. The number of nitrogens with one attached hydrogen (secondary N) is 1. The fourth-order valence-electron chi connectivity index (χ4n) is 4.79. The highest BCUT2D eigenvalue weighted by Gasteiger charge is 2.32. The summed E-state index contributed by atoms with van der Waals surface area (Å²) in [7, 11) is 0. The summed E-state index contributed by atoms with van der Waals surface area (Å²) >= 11 is 0. The van der Waals surface area contributed by atoms with Gasteiger partial charge in [0, 0.05) is 31.8 Å². The lowest BCUT2D eigenvalue weighted by Crippen LogP contribution is -2.50. The second-order valence-electron chi connectivity index (χ2n) is 9.58. The molecule has 4 heteroatoms. The van der Waals surface area contributed by atoms with Crippen molar-refractivity contribution in [2.75, 3.05) is 6.54 Å². The molecule has 4 aromatic carbocycles. The highest BCUT2D eigenvalue weighted by molar-refractivity contribution is 5.88. The smallest absolute Gasteiger partial charge is 0.243 e. The maximum Gasteiger partial charge on any atom is 0.243 e. The summed E-state index contributed by atoms with van der Waals surface area (Å²) in [5, 5.41) is 3.06. The van der Waals surface area contributed by atoms with Crippen molar-refractivity contribution >= 4 is 11.8 Å². The highest BCUT2D eigenvalue weighted by atomic mass is 16.2. The van der Waals surface area contributed by atoms with E-state index in [9.17, 15) is 9.59 Å². The summed E-state index contributed by atoms with van der Waals surface area (Å²) in [5.74, 6) is -0.269. The highest BCUT2D eigenvalue weighted by Crippen LogP contribution is 2.29. The summed E-state index contributed by atoms with van der Waals surface area (Å²) in [6, 6.07) is 39.5. The van der Waals surface area contributed by atoms with Crippen molar-refractivity contribution in [2.24, 2.45) is 0 Å². The fraction of sp³-hybridized carbons (Fsp3) is 0.235. The van der Waals surface area contributed by atoms with Gasteiger partial charge in [0.05, 0.1) is 0 Å². The van der Waals surface area contributed by atoms with E-state index in [1.807, 2.05) is 104 Å². The second kappa shape index (κ2) is 13.9. The maximum absolute atomic E-state index is 14.3. The van der Waals surface area contributed by atoms with E-state index >= 15 is 0 Å². The number of hydrogen-bond acceptors (Lipinski definition) is 2. The molecule has 4 rings (SSSR count). The third-order valence-corrected chi connectivity index (χ3v) is 6.80. The molecule has 0 aliphatic rings. The summed E-state index contributed by atoms with van der Waals surface area (Å²) < 4.78 is 0. The molecule has 0 bridgehead atoms.